The van der Waals surface area contributed by atoms with Gasteiger partial charge in [-0.05, 0) is 29.8 Å². The number of nitro benzene ring substituents is 1. The highest BCUT2D eigenvalue weighted by molar-refractivity contribution is 7.99. The first-order valence-corrected chi connectivity index (χ1v) is 9.17. The monoisotopic (exact) mass is 389 g/mol. The van der Waals surface area contributed by atoms with E-state index in [1.807, 2.05) is 24.3 Å². The summed E-state index contributed by atoms with van der Waals surface area (Å²) >= 11 is 1.36. The van der Waals surface area contributed by atoms with Gasteiger partial charge in [-0.25, -0.2) is 0 Å². The molecule has 0 aliphatic carbocycles. The first-order valence-electron chi connectivity index (χ1n) is 8.36. The molecule has 0 aliphatic rings. The standard InChI is InChI=1S/C21H15N3O3S/c22-13-16-5-1-3-7-19(16)28-20-8-4-2-6-18(20)21(25)23-14-15-9-11-17(12-10-15)24(26)27/h1-12H,14H2,(H,23,25). The van der Waals surface area contributed by atoms with Crippen LogP contribution in [-0.2, 0) is 6.54 Å². The minimum Gasteiger partial charge on any atom is -0.348 e. The normalized spacial score (nSPS) is 10.1. The predicted octanol–water partition coefficient (Wildman–Crippen LogP) is 4.55. The number of nitrogens with zero attached hydrogens (tertiary/aromatic N) is 2. The Morgan fingerprint density at radius 3 is 2.32 bits per heavy atom. The van der Waals surface area contributed by atoms with Crippen molar-refractivity contribution in [3.8, 4) is 6.07 Å². The highest BCUT2D eigenvalue weighted by atomic mass is 32.2. The first kappa shape index (κ1) is 19.1. The van der Waals surface area contributed by atoms with Crippen LogP contribution in [0.4, 0.5) is 5.69 Å². The van der Waals surface area contributed by atoms with Crippen molar-refractivity contribution in [2.75, 3.05) is 0 Å². The van der Waals surface area contributed by atoms with Crippen LogP contribution < -0.4 is 5.32 Å². The van der Waals surface area contributed by atoms with Crippen LogP contribution in [0, 0.1) is 21.4 Å². The molecule has 0 saturated heterocycles. The van der Waals surface area contributed by atoms with E-state index in [4.69, 9.17) is 0 Å². The van der Waals surface area contributed by atoms with E-state index < -0.39 is 4.92 Å². The van der Waals surface area contributed by atoms with Gasteiger partial charge in [0, 0.05) is 28.5 Å². The van der Waals surface area contributed by atoms with E-state index in [0.717, 1.165) is 15.4 Å². The van der Waals surface area contributed by atoms with Crippen LogP contribution in [0.5, 0.6) is 0 Å². The van der Waals surface area contributed by atoms with Crippen LogP contribution in [-0.4, -0.2) is 10.8 Å². The van der Waals surface area contributed by atoms with Gasteiger partial charge in [-0.3, -0.25) is 14.9 Å². The number of hydrogen-bond acceptors (Lipinski definition) is 5. The van der Waals surface area contributed by atoms with Gasteiger partial charge in [0.15, 0.2) is 0 Å². The number of benzene rings is 3. The Balaban J connectivity index is 1.74. The van der Waals surface area contributed by atoms with Gasteiger partial charge in [0.05, 0.1) is 16.1 Å². The lowest BCUT2D eigenvalue weighted by Gasteiger charge is -2.11. The van der Waals surface area contributed by atoms with Crippen LogP contribution in [0.3, 0.4) is 0 Å². The Bertz CT molecular complexity index is 1060. The third kappa shape index (κ3) is 4.55. The number of amides is 1. The third-order valence-electron chi connectivity index (χ3n) is 3.96. The number of nitrogens with one attached hydrogen (secondary N) is 1. The van der Waals surface area contributed by atoms with Crippen LogP contribution in [0.2, 0.25) is 0 Å². The van der Waals surface area contributed by atoms with Crippen molar-refractivity contribution in [1.29, 1.82) is 5.26 Å². The van der Waals surface area contributed by atoms with Gasteiger partial charge >= 0.3 is 0 Å². The van der Waals surface area contributed by atoms with Crippen molar-refractivity contribution in [3.63, 3.8) is 0 Å². The van der Waals surface area contributed by atoms with Crippen molar-refractivity contribution in [3.05, 3.63) is 99.6 Å². The SMILES string of the molecule is N#Cc1ccccc1Sc1ccccc1C(=O)NCc1ccc([N+](=O)[O-])cc1. The quantitative estimate of drug-likeness (QED) is 0.493. The summed E-state index contributed by atoms with van der Waals surface area (Å²) in [6.45, 7) is 0.255. The number of rotatable bonds is 6. The molecule has 1 amide bonds. The summed E-state index contributed by atoms with van der Waals surface area (Å²) in [7, 11) is 0. The van der Waals surface area contributed by atoms with E-state index in [1.165, 1.54) is 23.9 Å². The van der Waals surface area contributed by atoms with Gasteiger partial charge in [-0.2, -0.15) is 5.26 Å². The molecule has 0 aromatic heterocycles. The molecule has 0 unspecified atom stereocenters. The highest BCUT2D eigenvalue weighted by Gasteiger charge is 2.13. The fourth-order valence-electron chi connectivity index (χ4n) is 2.52. The zero-order valence-electron chi connectivity index (χ0n) is 14.7. The number of non-ortho nitro benzene ring substituents is 1. The second-order valence-electron chi connectivity index (χ2n) is 5.81. The zero-order valence-corrected chi connectivity index (χ0v) is 15.5. The first-order chi connectivity index (χ1) is 13.6. The van der Waals surface area contributed by atoms with E-state index in [-0.39, 0.29) is 18.1 Å². The molecule has 0 aliphatic heterocycles. The molecule has 0 spiro atoms. The van der Waals surface area contributed by atoms with E-state index in [0.29, 0.717) is 11.1 Å². The zero-order chi connectivity index (χ0) is 19.9. The Labute approximate surface area is 166 Å². The van der Waals surface area contributed by atoms with Crippen molar-refractivity contribution < 1.29 is 9.72 Å². The Morgan fingerprint density at radius 2 is 1.64 bits per heavy atom. The Hall–Kier alpha value is -3.63. The van der Waals surface area contributed by atoms with Gasteiger partial charge in [0.25, 0.3) is 11.6 Å². The van der Waals surface area contributed by atoms with E-state index >= 15 is 0 Å². The summed E-state index contributed by atoms with van der Waals surface area (Å²) in [5.74, 6) is -0.254. The topological polar surface area (TPSA) is 96.0 Å². The molecular formula is C21H15N3O3S. The fourth-order valence-corrected chi connectivity index (χ4v) is 3.55. The summed E-state index contributed by atoms with van der Waals surface area (Å²) in [5, 5.41) is 22.8. The Morgan fingerprint density at radius 1 is 1.00 bits per heavy atom. The van der Waals surface area contributed by atoms with Gasteiger partial charge in [0.1, 0.15) is 6.07 Å². The predicted molar refractivity (Wildman–Crippen MR) is 106 cm³/mol. The average Bonchev–Trinajstić information content (AvgIpc) is 2.73. The van der Waals surface area contributed by atoms with Crippen molar-refractivity contribution in [2.45, 2.75) is 16.3 Å². The van der Waals surface area contributed by atoms with Crippen LogP contribution in [0.15, 0.2) is 82.6 Å². The molecule has 138 valence electrons. The minimum atomic E-state index is -0.463. The lowest BCUT2D eigenvalue weighted by atomic mass is 10.2. The molecule has 3 aromatic carbocycles. The molecule has 3 aromatic rings. The second kappa shape index (κ2) is 8.84. The number of nitriles is 1. The summed E-state index contributed by atoms with van der Waals surface area (Å²) < 4.78 is 0. The number of hydrogen-bond donors (Lipinski definition) is 1. The maximum atomic E-state index is 12.7. The number of nitro groups is 1. The Kier molecular flexibility index (Phi) is 6.04. The van der Waals surface area contributed by atoms with E-state index in [9.17, 15) is 20.2 Å². The lowest BCUT2D eigenvalue weighted by molar-refractivity contribution is -0.384. The van der Waals surface area contributed by atoms with Gasteiger partial charge in [0.2, 0.25) is 0 Å². The van der Waals surface area contributed by atoms with E-state index in [1.54, 1.807) is 36.4 Å². The van der Waals surface area contributed by atoms with Crippen LogP contribution in [0.25, 0.3) is 0 Å². The summed E-state index contributed by atoms with van der Waals surface area (Å²) in [6, 6.07) is 22.6. The molecule has 6 nitrogen and oxygen atoms in total. The van der Waals surface area contributed by atoms with Gasteiger partial charge in [-0.15, -0.1) is 0 Å². The molecule has 0 bridgehead atoms. The summed E-state index contributed by atoms with van der Waals surface area (Å²) in [5.41, 5.74) is 1.82. The van der Waals surface area contributed by atoms with Crippen LogP contribution >= 0.6 is 11.8 Å². The maximum Gasteiger partial charge on any atom is 0.269 e. The van der Waals surface area contributed by atoms with Crippen molar-refractivity contribution >= 4 is 23.4 Å². The largest absolute Gasteiger partial charge is 0.348 e. The number of carbonyl (C=O) groups excluding carboxylic acids is 1. The third-order valence-corrected chi connectivity index (χ3v) is 5.11. The van der Waals surface area contributed by atoms with Crippen molar-refractivity contribution in [2.24, 2.45) is 0 Å². The molecular weight excluding hydrogens is 374 g/mol. The molecule has 0 atom stereocenters. The van der Waals surface area contributed by atoms with E-state index in [2.05, 4.69) is 11.4 Å². The molecule has 0 fully saturated rings. The molecule has 3 rings (SSSR count). The summed E-state index contributed by atoms with van der Waals surface area (Å²) in [4.78, 5) is 24.4. The van der Waals surface area contributed by atoms with Gasteiger partial charge in [-0.1, -0.05) is 48.2 Å². The lowest BCUT2D eigenvalue weighted by Crippen LogP contribution is -2.23. The minimum absolute atomic E-state index is 0.00739. The van der Waals surface area contributed by atoms with Crippen LogP contribution in [0.1, 0.15) is 21.5 Å². The number of carbonyl (C=O) groups is 1. The highest BCUT2D eigenvalue weighted by Crippen LogP contribution is 2.32. The molecule has 1 N–H and O–H groups in total. The smallest absolute Gasteiger partial charge is 0.269 e. The van der Waals surface area contributed by atoms with Gasteiger partial charge < -0.3 is 5.32 Å². The molecule has 0 saturated carbocycles. The molecule has 28 heavy (non-hydrogen) atoms. The average molecular weight is 389 g/mol. The summed E-state index contributed by atoms with van der Waals surface area (Å²) in [6.07, 6.45) is 0. The molecule has 7 heteroatoms. The maximum absolute atomic E-state index is 12.7. The second-order valence-corrected chi connectivity index (χ2v) is 6.90. The fraction of sp³-hybridized carbons (Fsp3) is 0.0476. The van der Waals surface area contributed by atoms with Crippen molar-refractivity contribution in [1.82, 2.24) is 5.32 Å². The molecule has 0 radical (unpaired) electrons. The molecule has 0 heterocycles.